The quantitative estimate of drug-likeness (QED) is 0.311. The van der Waals surface area contributed by atoms with Crippen LogP contribution in [0.5, 0.6) is 11.5 Å². The fraction of sp³-hybridized carbons (Fsp3) is 0.300. The van der Waals surface area contributed by atoms with Gasteiger partial charge in [-0.3, -0.25) is 4.79 Å². The van der Waals surface area contributed by atoms with Gasteiger partial charge >= 0.3 is 0 Å². The van der Waals surface area contributed by atoms with Crippen molar-refractivity contribution in [1.29, 1.82) is 0 Å². The first-order valence-corrected chi connectivity index (χ1v) is 12.8. The lowest BCUT2D eigenvalue weighted by atomic mass is 9.93. The molecule has 204 valence electrons. The van der Waals surface area contributed by atoms with Crippen LogP contribution in [0.1, 0.15) is 35.8 Å². The minimum absolute atomic E-state index is 0.0351. The SMILES string of the molecule is COc1ccccc1-c1cc(C(C)C)c(F)c2[nH]c(C(=O)N3CCN(c4cc(F)cc(F)c4OC)CC3)cc12. The Balaban J connectivity index is 1.47. The molecule has 6 nitrogen and oxygen atoms in total. The van der Waals surface area contributed by atoms with Crippen LogP contribution >= 0.6 is 0 Å². The van der Waals surface area contributed by atoms with Gasteiger partial charge in [0.2, 0.25) is 0 Å². The van der Waals surface area contributed by atoms with E-state index in [1.54, 1.807) is 23.0 Å². The Hall–Kier alpha value is -4.14. The van der Waals surface area contributed by atoms with Crippen molar-refractivity contribution in [2.75, 3.05) is 45.3 Å². The van der Waals surface area contributed by atoms with E-state index >= 15 is 4.39 Å². The van der Waals surface area contributed by atoms with E-state index in [0.29, 0.717) is 48.6 Å². The molecule has 9 heteroatoms. The van der Waals surface area contributed by atoms with Crippen molar-refractivity contribution in [2.45, 2.75) is 19.8 Å². The summed E-state index contributed by atoms with van der Waals surface area (Å²) in [5, 5.41) is 0.586. The first-order chi connectivity index (χ1) is 18.7. The van der Waals surface area contributed by atoms with Crippen LogP contribution in [0.4, 0.5) is 18.9 Å². The zero-order chi connectivity index (χ0) is 27.8. The number of hydrogen-bond acceptors (Lipinski definition) is 4. The number of aromatic nitrogens is 1. The summed E-state index contributed by atoms with van der Waals surface area (Å²) in [6, 6.07) is 13.0. The number of ether oxygens (including phenoxy) is 2. The maximum absolute atomic E-state index is 15.6. The molecule has 1 aromatic heterocycles. The lowest BCUT2D eigenvalue weighted by Gasteiger charge is -2.36. The monoisotopic (exact) mass is 537 g/mol. The Morgan fingerprint density at radius 2 is 1.64 bits per heavy atom. The Kier molecular flexibility index (Phi) is 7.16. The Morgan fingerprint density at radius 3 is 2.31 bits per heavy atom. The van der Waals surface area contributed by atoms with Gasteiger partial charge in [0, 0.05) is 49.3 Å². The summed E-state index contributed by atoms with van der Waals surface area (Å²) in [7, 11) is 2.92. The van der Waals surface area contributed by atoms with Crippen LogP contribution in [-0.2, 0) is 0 Å². The highest BCUT2D eigenvalue weighted by Gasteiger charge is 2.28. The van der Waals surface area contributed by atoms with Crippen molar-refractivity contribution in [2.24, 2.45) is 0 Å². The normalized spacial score (nSPS) is 13.8. The number of hydrogen-bond donors (Lipinski definition) is 1. The molecule has 0 bridgehead atoms. The van der Waals surface area contributed by atoms with Crippen LogP contribution in [0.15, 0.2) is 48.5 Å². The third-order valence-corrected chi connectivity index (χ3v) is 7.23. The van der Waals surface area contributed by atoms with Gasteiger partial charge in [0.05, 0.1) is 25.4 Å². The highest BCUT2D eigenvalue weighted by molar-refractivity contribution is 6.04. The van der Waals surface area contributed by atoms with Gasteiger partial charge in [-0.1, -0.05) is 32.0 Å². The maximum atomic E-state index is 15.6. The van der Waals surface area contributed by atoms with Crippen LogP contribution in [0.25, 0.3) is 22.0 Å². The molecule has 1 saturated heterocycles. The van der Waals surface area contributed by atoms with Gasteiger partial charge in [-0.05, 0) is 35.2 Å². The number of fused-ring (bicyclic) bond motifs is 1. The maximum Gasteiger partial charge on any atom is 0.270 e. The number of amides is 1. The van der Waals surface area contributed by atoms with Crippen molar-refractivity contribution in [3.63, 3.8) is 0 Å². The first-order valence-electron chi connectivity index (χ1n) is 12.8. The molecule has 0 unspecified atom stereocenters. The molecule has 1 aliphatic rings. The van der Waals surface area contributed by atoms with Crippen molar-refractivity contribution in [3.8, 4) is 22.6 Å². The molecule has 39 heavy (non-hydrogen) atoms. The van der Waals surface area contributed by atoms with Crippen molar-refractivity contribution in [3.05, 3.63) is 77.2 Å². The van der Waals surface area contributed by atoms with Gasteiger partial charge in [0.15, 0.2) is 17.4 Å². The highest BCUT2D eigenvalue weighted by atomic mass is 19.1. The van der Waals surface area contributed by atoms with E-state index in [1.807, 2.05) is 44.2 Å². The number of aromatic amines is 1. The minimum Gasteiger partial charge on any atom is -0.496 e. The van der Waals surface area contributed by atoms with Gasteiger partial charge in [0.1, 0.15) is 17.3 Å². The van der Waals surface area contributed by atoms with Gasteiger partial charge < -0.3 is 24.3 Å². The molecule has 1 amide bonds. The topological polar surface area (TPSA) is 57.8 Å². The Bertz CT molecular complexity index is 1540. The standard InChI is InChI=1S/C30H30F3N3O3/c1-17(2)20-15-21(19-7-5-6-8-26(19)38-3)22-16-24(34-28(22)27(20)33)30(37)36-11-9-35(10-12-36)25-14-18(31)13-23(32)29(25)39-4/h5-8,13-17,34H,9-12H2,1-4H3. The van der Waals surface area contributed by atoms with E-state index in [-0.39, 0.29) is 34.6 Å². The first kappa shape index (κ1) is 26.5. The zero-order valence-electron chi connectivity index (χ0n) is 22.3. The van der Waals surface area contributed by atoms with Crippen LogP contribution in [0, 0.1) is 17.5 Å². The van der Waals surface area contributed by atoms with E-state index in [1.165, 1.54) is 13.2 Å². The third-order valence-electron chi connectivity index (χ3n) is 7.23. The number of H-pyrrole nitrogens is 1. The number of benzene rings is 3. The third kappa shape index (κ3) is 4.77. The minimum atomic E-state index is -0.780. The predicted octanol–water partition coefficient (Wildman–Crippen LogP) is 6.36. The number of nitrogens with zero attached hydrogens (tertiary/aromatic N) is 2. The van der Waals surface area contributed by atoms with E-state index in [4.69, 9.17) is 9.47 Å². The smallest absolute Gasteiger partial charge is 0.270 e. The lowest BCUT2D eigenvalue weighted by Crippen LogP contribution is -2.49. The number of para-hydroxylation sites is 1. The van der Waals surface area contributed by atoms with E-state index in [2.05, 4.69) is 4.98 Å². The van der Waals surface area contributed by atoms with Crippen molar-refractivity contribution >= 4 is 22.5 Å². The van der Waals surface area contributed by atoms with Gasteiger partial charge in [-0.2, -0.15) is 0 Å². The fourth-order valence-electron chi connectivity index (χ4n) is 5.21. The number of carbonyl (C=O) groups excluding carboxylic acids is 1. The largest absolute Gasteiger partial charge is 0.496 e. The van der Waals surface area contributed by atoms with Crippen LogP contribution in [-0.4, -0.2) is 56.2 Å². The van der Waals surface area contributed by atoms with Gasteiger partial charge in [-0.25, -0.2) is 13.2 Å². The predicted molar refractivity (Wildman–Crippen MR) is 145 cm³/mol. The fourth-order valence-corrected chi connectivity index (χ4v) is 5.21. The highest BCUT2D eigenvalue weighted by Crippen LogP contribution is 2.39. The van der Waals surface area contributed by atoms with Crippen molar-refractivity contribution in [1.82, 2.24) is 9.88 Å². The van der Waals surface area contributed by atoms with Crippen LogP contribution < -0.4 is 14.4 Å². The number of piperazine rings is 1. The summed E-state index contributed by atoms with van der Waals surface area (Å²) >= 11 is 0. The summed E-state index contributed by atoms with van der Waals surface area (Å²) in [5.74, 6) is -1.61. The molecule has 0 saturated carbocycles. The molecule has 0 radical (unpaired) electrons. The number of methoxy groups -OCH3 is 2. The number of nitrogens with one attached hydrogen (secondary N) is 1. The molecular weight excluding hydrogens is 507 g/mol. The molecule has 5 rings (SSSR count). The van der Waals surface area contributed by atoms with Gasteiger partial charge in [0.25, 0.3) is 5.91 Å². The van der Waals surface area contributed by atoms with Gasteiger partial charge in [-0.15, -0.1) is 0 Å². The number of halogens is 3. The molecule has 1 N–H and O–H groups in total. The van der Waals surface area contributed by atoms with E-state index in [0.717, 1.165) is 17.2 Å². The second-order valence-corrected chi connectivity index (χ2v) is 9.87. The van der Waals surface area contributed by atoms with Crippen LogP contribution in [0.3, 0.4) is 0 Å². The molecular formula is C30H30F3N3O3. The number of carbonyl (C=O) groups is 1. The number of anilines is 1. The second kappa shape index (κ2) is 10.6. The summed E-state index contributed by atoms with van der Waals surface area (Å²) < 4.78 is 54.5. The average molecular weight is 538 g/mol. The van der Waals surface area contributed by atoms with Crippen LogP contribution in [0.2, 0.25) is 0 Å². The molecule has 4 aromatic rings. The summed E-state index contributed by atoms with van der Waals surface area (Å²) in [4.78, 5) is 20.0. The second-order valence-electron chi connectivity index (χ2n) is 9.87. The summed E-state index contributed by atoms with van der Waals surface area (Å²) in [5.41, 5.74) is 2.95. The Morgan fingerprint density at radius 1 is 0.923 bits per heavy atom. The molecule has 2 heterocycles. The van der Waals surface area contributed by atoms with E-state index in [9.17, 15) is 13.6 Å². The molecule has 0 spiro atoms. The summed E-state index contributed by atoms with van der Waals surface area (Å²) in [6.45, 7) is 5.17. The molecule has 3 aromatic carbocycles. The van der Waals surface area contributed by atoms with Crippen molar-refractivity contribution < 1.29 is 27.4 Å². The molecule has 1 aliphatic heterocycles. The summed E-state index contributed by atoms with van der Waals surface area (Å²) in [6.07, 6.45) is 0. The zero-order valence-corrected chi connectivity index (χ0v) is 22.3. The Labute approximate surface area is 224 Å². The average Bonchev–Trinajstić information content (AvgIpc) is 3.39. The molecule has 0 aliphatic carbocycles. The lowest BCUT2D eigenvalue weighted by molar-refractivity contribution is 0.0741. The molecule has 1 fully saturated rings. The molecule has 0 atom stereocenters. The number of rotatable bonds is 6. The van der Waals surface area contributed by atoms with E-state index < -0.39 is 11.6 Å².